The molecule has 19 heavy (non-hydrogen) atoms. The molecule has 2 heterocycles. The van der Waals surface area contributed by atoms with Gasteiger partial charge in [0.15, 0.2) is 0 Å². The summed E-state index contributed by atoms with van der Waals surface area (Å²) >= 11 is 5.54. The standard InChI is InChI=1S/C13H7BrINO3/c14-9-2-1-7(5-10(9)15)16-12(17)6-11-8(13(16)18)3-4-19-11/h1-5H,6H2. The highest BCUT2D eigenvalue weighted by molar-refractivity contribution is 14.1. The minimum absolute atomic E-state index is 0.112. The number of furan rings is 1. The largest absolute Gasteiger partial charge is 0.468 e. The second-order valence-corrected chi connectivity index (χ2v) is 6.08. The number of carbonyl (C=O) groups is 2. The molecule has 3 rings (SSSR count). The topological polar surface area (TPSA) is 50.5 Å². The van der Waals surface area contributed by atoms with E-state index in [1.54, 1.807) is 18.2 Å². The Morgan fingerprint density at radius 1 is 1.26 bits per heavy atom. The van der Waals surface area contributed by atoms with Crippen molar-refractivity contribution in [3.05, 3.63) is 49.9 Å². The molecule has 1 aliphatic rings. The molecule has 0 spiro atoms. The number of benzene rings is 1. The van der Waals surface area contributed by atoms with Crippen molar-refractivity contribution >= 4 is 56.0 Å². The summed E-state index contributed by atoms with van der Waals surface area (Å²) in [6.45, 7) is 0. The first-order valence-electron chi connectivity index (χ1n) is 5.46. The molecular weight excluding hydrogens is 425 g/mol. The highest BCUT2D eigenvalue weighted by atomic mass is 127. The Morgan fingerprint density at radius 3 is 2.79 bits per heavy atom. The number of hydrogen-bond donors (Lipinski definition) is 0. The first-order chi connectivity index (χ1) is 9.08. The van der Waals surface area contributed by atoms with Crippen LogP contribution in [0.4, 0.5) is 5.69 Å². The number of amides is 2. The van der Waals surface area contributed by atoms with Gasteiger partial charge in [0.2, 0.25) is 5.91 Å². The second kappa shape index (κ2) is 4.75. The normalized spacial score (nSPS) is 14.7. The molecule has 0 aliphatic carbocycles. The SMILES string of the molecule is O=C1Cc2occc2C(=O)N1c1ccc(Br)c(I)c1. The lowest BCUT2D eigenvalue weighted by molar-refractivity contribution is -0.117. The molecule has 0 radical (unpaired) electrons. The van der Waals surface area contributed by atoms with Crippen molar-refractivity contribution in [2.45, 2.75) is 6.42 Å². The zero-order chi connectivity index (χ0) is 13.6. The molecule has 96 valence electrons. The van der Waals surface area contributed by atoms with E-state index in [1.165, 1.54) is 11.2 Å². The lowest BCUT2D eigenvalue weighted by atomic mass is 10.1. The lowest BCUT2D eigenvalue weighted by Gasteiger charge is -2.24. The van der Waals surface area contributed by atoms with Crippen LogP contribution in [0.1, 0.15) is 16.1 Å². The average Bonchev–Trinajstić information content (AvgIpc) is 2.82. The molecule has 1 aliphatic heterocycles. The van der Waals surface area contributed by atoms with Crippen molar-refractivity contribution in [3.8, 4) is 0 Å². The van der Waals surface area contributed by atoms with Crippen molar-refractivity contribution in [2.75, 3.05) is 4.90 Å². The molecule has 2 amide bonds. The first-order valence-corrected chi connectivity index (χ1v) is 7.34. The molecule has 4 nitrogen and oxygen atoms in total. The molecular formula is C13H7BrINO3. The van der Waals surface area contributed by atoms with Gasteiger partial charge in [0.1, 0.15) is 5.76 Å². The minimum Gasteiger partial charge on any atom is -0.468 e. The van der Waals surface area contributed by atoms with Gasteiger partial charge in [-0.3, -0.25) is 9.59 Å². The molecule has 0 saturated carbocycles. The Balaban J connectivity index is 2.08. The number of carbonyl (C=O) groups excluding carboxylic acids is 2. The van der Waals surface area contributed by atoms with Crippen LogP contribution in [0.5, 0.6) is 0 Å². The van der Waals surface area contributed by atoms with Gasteiger partial charge in [-0.1, -0.05) is 0 Å². The summed E-state index contributed by atoms with van der Waals surface area (Å²) in [6.07, 6.45) is 1.55. The van der Waals surface area contributed by atoms with E-state index in [4.69, 9.17) is 4.42 Å². The zero-order valence-electron chi connectivity index (χ0n) is 9.52. The van der Waals surface area contributed by atoms with E-state index in [0.717, 1.165) is 8.04 Å². The van der Waals surface area contributed by atoms with Crippen LogP contribution >= 0.6 is 38.5 Å². The fraction of sp³-hybridized carbons (Fsp3) is 0.0769. The molecule has 0 unspecified atom stereocenters. The summed E-state index contributed by atoms with van der Waals surface area (Å²) in [4.78, 5) is 25.6. The molecule has 0 bridgehead atoms. The van der Waals surface area contributed by atoms with E-state index in [9.17, 15) is 9.59 Å². The van der Waals surface area contributed by atoms with Crippen LogP contribution in [-0.2, 0) is 11.2 Å². The minimum atomic E-state index is -0.335. The van der Waals surface area contributed by atoms with Crippen molar-refractivity contribution < 1.29 is 14.0 Å². The van der Waals surface area contributed by atoms with E-state index in [-0.39, 0.29) is 18.2 Å². The maximum Gasteiger partial charge on any atom is 0.268 e. The van der Waals surface area contributed by atoms with Crippen LogP contribution in [0.15, 0.2) is 39.4 Å². The Kier molecular flexibility index (Phi) is 3.22. The summed E-state index contributed by atoms with van der Waals surface area (Å²) in [7, 11) is 0. The number of halogens is 2. The Hall–Kier alpha value is -1.15. The van der Waals surface area contributed by atoms with Crippen LogP contribution < -0.4 is 4.90 Å². The molecule has 1 aromatic heterocycles. The third-order valence-electron chi connectivity index (χ3n) is 2.90. The van der Waals surface area contributed by atoms with Crippen LogP contribution in [-0.4, -0.2) is 11.8 Å². The quantitative estimate of drug-likeness (QED) is 0.513. The maximum absolute atomic E-state index is 12.3. The van der Waals surface area contributed by atoms with E-state index in [1.807, 2.05) is 6.07 Å². The number of anilines is 1. The number of imide groups is 1. The number of rotatable bonds is 1. The van der Waals surface area contributed by atoms with Gasteiger partial charge in [-0.15, -0.1) is 0 Å². The van der Waals surface area contributed by atoms with Crippen molar-refractivity contribution in [1.82, 2.24) is 0 Å². The summed E-state index contributed by atoms with van der Waals surface area (Å²) in [6, 6.07) is 6.96. The molecule has 0 atom stereocenters. The van der Waals surface area contributed by atoms with Crippen LogP contribution in [0.25, 0.3) is 0 Å². The highest BCUT2D eigenvalue weighted by Gasteiger charge is 2.34. The Morgan fingerprint density at radius 2 is 2.05 bits per heavy atom. The Bertz CT molecular complexity index is 695. The van der Waals surface area contributed by atoms with Gasteiger partial charge < -0.3 is 4.42 Å². The number of fused-ring (bicyclic) bond motifs is 1. The average molecular weight is 432 g/mol. The summed E-state index contributed by atoms with van der Waals surface area (Å²) in [5, 5.41) is 0. The van der Waals surface area contributed by atoms with Crippen LogP contribution in [0.2, 0.25) is 0 Å². The van der Waals surface area contributed by atoms with E-state index in [2.05, 4.69) is 38.5 Å². The molecule has 0 fully saturated rings. The van der Waals surface area contributed by atoms with Gasteiger partial charge in [0, 0.05) is 8.04 Å². The van der Waals surface area contributed by atoms with Gasteiger partial charge >= 0.3 is 0 Å². The highest BCUT2D eigenvalue weighted by Crippen LogP contribution is 2.29. The summed E-state index contributed by atoms with van der Waals surface area (Å²) in [5.74, 6) is -0.165. The number of hydrogen-bond acceptors (Lipinski definition) is 3. The third kappa shape index (κ3) is 2.12. The van der Waals surface area contributed by atoms with Gasteiger partial charge in [-0.25, -0.2) is 4.90 Å². The van der Waals surface area contributed by atoms with Crippen molar-refractivity contribution in [2.24, 2.45) is 0 Å². The third-order valence-corrected chi connectivity index (χ3v) is 5.23. The van der Waals surface area contributed by atoms with Gasteiger partial charge in [0.05, 0.1) is 23.9 Å². The van der Waals surface area contributed by atoms with Crippen molar-refractivity contribution in [1.29, 1.82) is 0 Å². The molecule has 2 aromatic rings. The monoisotopic (exact) mass is 431 g/mol. The Labute approximate surface area is 131 Å². The lowest BCUT2D eigenvalue weighted by Crippen LogP contribution is -2.42. The first kappa shape index (κ1) is 12.9. The molecule has 6 heteroatoms. The zero-order valence-corrected chi connectivity index (χ0v) is 13.3. The second-order valence-electron chi connectivity index (χ2n) is 4.07. The van der Waals surface area contributed by atoms with Gasteiger partial charge in [-0.2, -0.15) is 0 Å². The summed E-state index contributed by atoms with van der Waals surface area (Å²) < 4.78 is 7.01. The van der Waals surface area contributed by atoms with E-state index < -0.39 is 0 Å². The molecule has 0 N–H and O–H groups in total. The smallest absolute Gasteiger partial charge is 0.268 e. The fourth-order valence-corrected chi connectivity index (χ4v) is 2.75. The predicted molar refractivity (Wildman–Crippen MR) is 81.1 cm³/mol. The molecule has 0 saturated heterocycles. The maximum atomic E-state index is 12.3. The molecule has 1 aromatic carbocycles. The summed E-state index contributed by atoms with van der Waals surface area (Å²) in [5.41, 5.74) is 1.03. The predicted octanol–water partition coefficient (Wildman–Crippen LogP) is 3.38. The fourth-order valence-electron chi connectivity index (χ4n) is 2.00. The van der Waals surface area contributed by atoms with Crippen molar-refractivity contribution in [3.63, 3.8) is 0 Å². The van der Waals surface area contributed by atoms with Crippen LogP contribution in [0, 0.1) is 3.57 Å². The van der Waals surface area contributed by atoms with Gasteiger partial charge in [-0.05, 0) is 62.8 Å². The van der Waals surface area contributed by atoms with Crippen LogP contribution in [0.3, 0.4) is 0 Å². The van der Waals surface area contributed by atoms with E-state index >= 15 is 0 Å². The van der Waals surface area contributed by atoms with Gasteiger partial charge in [0.25, 0.3) is 5.91 Å². The van der Waals surface area contributed by atoms with E-state index in [0.29, 0.717) is 17.0 Å². The number of nitrogens with zero attached hydrogens (tertiary/aromatic N) is 1.